The largest absolute Gasteiger partial charge is 0.180 e. The molecule has 0 atom stereocenters. The van der Waals surface area contributed by atoms with Crippen molar-refractivity contribution in [2.45, 2.75) is 0 Å². The molecule has 0 amide bonds. The van der Waals surface area contributed by atoms with E-state index in [1.54, 1.807) is 0 Å². The third-order valence-electron chi connectivity index (χ3n) is 11.2. The molecule has 0 bridgehead atoms. The summed E-state index contributed by atoms with van der Waals surface area (Å²) >= 11 is 0. The zero-order valence-electron chi connectivity index (χ0n) is 29.6. The van der Waals surface area contributed by atoms with Crippen molar-refractivity contribution in [2.75, 3.05) is 0 Å². The molecule has 0 saturated carbocycles. The van der Waals surface area contributed by atoms with Crippen LogP contribution >= 0.6 is 13.8 Å². The molecule has 0 aromatic heterocycles. The summed E-state index contributed by atoms with van der Waals surface area (Å²) in [4.78, 5) is 0. The first-order valence-electron chi connectivity index (χ1n) is 18.2. The summed E-state index contributed by atoms with van der Waals surface area (Å²) in [7, 11) is -2.87. The van der Waals surface area contributed by atoms with E-state index in [1.807, 2.05) is 0 Å². The van der Waals surface area contributed by atoms with Crippen LogP contribution in [0.15, 0.2) is 218 Å². The van der Waals surface area contributed by atoms with Gasteiger partial charge in [0, 0.05) is 0 Å². The first-order valence-corrected chi connectivity index (χ1v) is 24.1. The van der Waals surface area contributed by atoms with E-state index < -0.39 is 21.8 Å². The summed E-state index contributed by atoms with van der Waals surface area (Å²) in [5, 5.41) is 13.4. The minimum absolute atomic E-state index is 1.28. The monoisotopic (exact) mass is 730 g/mol. The fourth-order valence-corrected chi connectivity index (χ4v) is 20.0. The SMILES string of the molecule is C=P(c1ccccc1)(c1ccccc1)c1cccc([Si]2(c3cccc(P(=C)(c4ccccc4)c4ccccc4)c3)c3ccccc3-c3ccccc32)c1. The Morgan fingerprint density at radius 1 is 0.283 bits per heavy atom. The predicted octanol–water partition coefficient (Wildman–Crippen LogP) is 6.50. The van der Waals surface area contributed by atoms with Crippen molar-refractivity contribution < 1.29 is 0 Å². The van der Waals surface area contributed by atoms with Crippen molar-refractivity contribution >= 4 is 87.0 Å². The highest BCUT2D eigenvalue weighted by Crippen LogP contribution is 2.43. The Morgan fingerprint density at radius 2 is 0.566 bits per heavy atom. The Labute approximate surface area is 315 Å². The van der Waals surface area contributed by atoms with Crippen LogP contribution in [0.3, 0.4) is 0 Å². The maximum atomic E-state index is 5.17. The van der Waals surface area contributed by atoms with E-state index >= 15 is 0 Å². The molecule has 1 heterocycles. The Kier molecular flexibility index (Phi) is 8.53. The first kappa shape index (κ1) is 33.4. The van der Waals surface area contributed by atoms with Crippen LogP contribution < -0.4 is 52.6 Å². The van der Waals surface area contributed by atoms with Crippen molar-refractivity contribution in [1.82, 2.24) is 0 Å². The lowest BCUT2D eigenvalue weighted by Gasteiger charge is -2.35. The van der Waals surface area contributed by atoms with Crippen LogP contribution in [0.25, 0.3) is 11.1 Å². The van der Waals surface area contributed by atoms with Gasteiger partial charge in [-0.25, -0.2) is 0 Å². The maximum Gasteiger partial charge on any atom is 0.180 e. The Morgan fingerprint density at radius 3 is 0.906 bits per heavy atom. The molecule has 0 fully saturated rings. The summed E-state index contributed by atoms with van der Waals surface area (Å²) in [6.07, 6.45) is 10.3. The van der Waals surface area contributed by atoms with Crippen LogP contribution in [0.2, 0.25) is 0 Å². The van der Waals surface area contributed by atoms with Crippen molar-refractivity contribution in [3.05, 3.63) is 218 Å². The molecule has 0 unspecified atom stereocenters. The van der Waals surface area contributed by atoms with Crippen LogP contribution in [0.4, 0.5) is 0 Å². The van der Waals surface area contributed by atoms with Gasteiger partial charge in [0.25, 0.3) is 0 Å². The van der Waals surface area contributed by atoms with Gasteiger partial charge in [0.2, 0.25) is 0 Å². The molecule has 0 spiro atoms. The molecule has 0 N–H and O–H groups in total. The molecule has 8 aromatic rings. The maximum absolute atomic E-state index is 5.17. The standard InChI is InChI=1S/C50H40P2Si/c1-51(39-21-7-3-8-22-39,40-23-9-4-10-24-40)43-29-19-31-45(37-43)53(49-35-17-15-33-47(49)48-34-16-18-36-50(48)53)46-32-20-30-44(38-46)52(2,41-25-11-5-12-26-41)42-27-13-6-14-28-42/h3-38H,1-2H2. The fraction of sp³-hybridized carbons (Fsp3) is 0. The molecule has 1 aliphatic heterocycles. The molecule has 0 nitrogen and oxygen atoms in total. The second-order valence-corrected chi connectivity index (χ2v) is 24.0. The molecule has 0 saturated heterocycles. The van der Waals surface area contributed by atoms with E-state index in [0.29, 0.717) is 0 Å². The van der Waals surface area contributed by atoms with Gasteiger partial charge >= 0.3 is 0 Å². The van der Waals surface area contributed by atoms with E-state index in [2.05, 4.69) is 218 Å². The Balaban J connectivity index is 1.35. The molecular formula is C50H40P2Si. The zero-order valence-corrected chi connectivity index (χ0v) is 32.4. The highest BCUT2D eigenvalue weighted by Gasteiger charge is 2.49. The molecule has 9 rings (SSSR count). The number of benzene rings is 8. The average Bonchev–Trinajstić information content (AvgIpc) is 3.55. The summed E-state index contributed by atoms with van der Waals surface area (Å²) in [5.41, 5.74) is 2.68. The van der Waals surface area contributed by atoms with E-state index in [4.69, 9.17) is 12.6 Å². The first-order chi connectivity index (χ1) is 26.1. The molecule has 0 radical (unpaired) electrons. The van der Waals surface area contributed by atoms with E-state index in [1.165, 1.54) is 63.7 Å². The minimum atomic E-state index is -2.87. The van der Waals surface area contributed by atoms with Gasteiger partial charge in [-0.15, -0.1) is 0 Å². The third kappa shape index (κ3) is 5.27. The van der Waals surface area contributed by atoms with Gasteiger partial charge in [-0.3, -0.25) is 0 Å². The van der Waals surface area contributed by atoms with Crippen molar-refractivity contribution in [3.8, 4) is 11.1 Å². The second-order valence-electron chi connectivity index (χ2n) is 13.9. The van der Waals surface area contributed by atoms with Gasteiger partial charge in [0.15, 0.2) is 8.07 Å². The highest BCUT2D eigenvalue weighted by molar-refractivity contribution is 7.94. The predicted molar refractivity (Wildman–Crippen MR) is 241 cm³/mol. The van der Waals surface area contributed by atoms with Crippen LogP contribution in [0.1, 0.15) is 0 Å². The van der Waals surface area contributed by atoms with Gasteiger partial charge in [0.05, 0.1) is 0 Å². The van der Waals surface area contributed by atoms with Crippen LogP contribution in [0, 0.1) is 0 Å². The highest BCUT2D eigenvalue weighted by atomic mass is 31.2. The molecule has 3 heteroatoms. The number of hydrogen-bond acceptors (Lipinski definition) is 0. The lowest BCUT2D eigenvalue weighted by molar-refractivity contribution is 1.71. The van der Waals surface area contributed by atoms with E-state index in [-0.39, 0.29) is 0 Å². The van der Waals surface area contributed by atoms with Gasteiger partial charge in [0.1, 0.15) is 0 Å². The van der Waals surface area contributed by atoms with Crippen molar-refractivity contribution in [3.63, 3.8) is 0 Å². The molecule has 254 valence electrons. The van der Waals surface area contributed by atoms with E-state index in [9.17, 15) is 0 Å². The minimum Gasteiger partial charge on any atom is -0.0887 e. The number of hydrogen-bond donors (Lipinski definition) is 0. The summed E-state index contributed by atoms with van der Waals surface area (Å²) in [5.74, 6) is 0. The lowest BCUT2D eigenvalue weighted by atomic mass is 10.1. The fourth-order valence-electron chi connectivity index (χ4n) is 8.60. The number of rotatable bonds is 8. The van der Waals surface area contributed by atoms with Crippen LogP contribution in [-0.4, -0.2) is 20.7 Å². The van der Waals surface area contributed by atoms with Crippen molar-refractivity contribution in [1.29, 1.82) is 0 Å². The smallest absolute Gasteiger partial charge is 0.0887 e. The second kappa shape index (κ2) is 13.5. The third-order valence-corrected chi connectivity index (χ3v) is 23.1. The Bertz CT molecular complexity index is 2390. The summed E-state index contributed by atoms with van der Waals surface area (Å²) < 4.78 is 0. The molecular weight excluding hydrogens is 691 g/mol. The van der Waals surface area contributed by atoms with Crippen LogP contribution in [0.5, 0.6) is 0 Å². The van der Waals surface area contributed by atoms with Gasteiger partial charge in [-0.05, 0) is 77.5 Å². The summed E-state index contributed by atoms with van der Waals surface area (Å²) in [6, 6.07) is 81.2. The van der Waals surface area contributed by atoms with Gasteiger partial charge < -0.3 is 0 Å². The lowest BCUT2D eigenvalue weighted by Crippen LogP contribution is -2.73. The normalized spacial score (nSPS) is 13.2. The topological polar surface area (TPSA) is 0 Å². The number of fused-ring (bicyclic) bond motifs is 3. The summed E-state index contributed by atoms with van der Waals surface area (Å²) in [6.45, 7) is -4.47. The molecule has 8 aromatic carbocycles. The average molecular weight is 731 g/mol. The Hall–Kier alpha value is -5.42. The molecule has 53 heavy (non-hydrogen) atoms. The van der Waals surface area contributed by atoms with Gasteiger partial charge in [-0.2, -0.15) is 0 Å². The molecule has 0 aliphatic carbocycles. The van der Waals surface area contributed by atoms with Gasteiger partial charge in [-0.1, -0.05) is 231 Å². The zero-order chi connectivity index (χ0) is 35.9. The van der Waals surface area contributed by atoms with E-state index in [0.717, 1.165) is 0 Å². The van der Waals surface area contributed by atoms with Crippen molar-refractivity contribution in [2.24, 2.45) is 0 Å². The quantitative estimate of drug-likeness (QED) is 0.124. The van der Waals surface area contributed by atoms with Crippen LogP contribution in [-0.2, 0) is 0 Å². The molecule has 1 aliphatic rings.